The van der Waals surface area contributed by atoms with Gasteiger partial charge in [0.1, 0.15) is 0 Å². The van der Waals surface area contributed by atoms with Crippen molar-refractivity contribution in [1.29, 1.82) is 0 Å². The number of halogens is 1. The number of hydrogen-bond acceptors (Lipinski definition) is 4. The number of aliphatic hydroxyl groups is 1. The lowest BCUT2D eigenvalue weighted by Crippen LogP contribution is -2.46. The molecule has 1 saturated heterocycles. The molecule has 3 rings (SSSR count). The largest absolute Gasteiger partial charge is 0.395 e. The van der Waals surface area contributed by atoms with Crippen LogP contribution in [-0.4, -0.2) is 64.4 Å². The van der Waals surface area contributed by atoms with E-state index in [0.717, 1.165) is 55.5 Å². The van der Waals surface area contributed by atoms with Crippen LogP contribution in [0, 0.1) is 0 Å². The number of piperazine rings is 1. The minimum Gasteiger partial charge on any atom is -0.395 e. The highest BCUT2D eigenvalue weighted by Gasteiger charge is 2.18. The summed E-state index contributed by atoms with van der Waals surface area (Å²) < 4.78 is 0. The molecule has 0 atom stereocenters. The van der Waals surface area contributed by atoms with Gasteiger partial charge in [0.2, 0.25) is 0 Å². The van der Waals surface area contributed by atoms with Crippen molar-refractivity contribution >= 4 is 11.6 Å². The molecule has 1 aliphatic heterocycles. The summed E-state index contributed by atoms with van der Waals surface area (Å²) in [6.45, 7) is 5.93. The number of benzene rings is 1. The monoisotopic (exact) mass is 320 g/mol. The smallest absolute Gasteiger partial charge is 0.0695 e. The van der Waals surface area contributed by atoms with Crippen LogP contribution in [0.1, 0.15) is 5.56 Å². The van der Waals surface area contributed by atoms with Crippen molar-refractivity contribution in [2.75, 3.05) is 39.3 Å². The van der Waals surface area contributed by atoms with Crippen molar-refractivity contribution in [2.45, 2.75) is 6.54 Å². The van der Waals surface area contributed by atoms with E-state index >= 15 is 0 Å². The molecule has 0 radical (unpaired) electrons. The molecule has 0 amide bonds. The highest BCUT2D eigenvalue weighted by molar-refractivity contribution is 6.30. The van der Waals surface area contributed by atoms with Crippen LogP contribution in [0.15, 0.2) is 30.5 Å². The van der Waals surface area contributed by atoms with E-state index < -0.39 is 0 Å². The molecule has 0 saturated carbocycles. The number of rotatable bonds is 5. The second-order valence-electron chi connectivity index (χ2n) is 5.62. The zero-order valence-corrected chi connectivity index (χ0v) is 13.3. The number of β-amino-alcohol motifs (C(OH)–C–C–N with tert-alkyl or cyclic N) is 1. The molecule has 0 aliphatic carbocycles. The SMILES string of the molecule is OCCN1CCN(Cc2cn[nH]c2-c2cccc(Cl)c2)CC1. The van der Waals surface area contributed by atoms with Crippen LogP contribution < -0.4 is 0 Å². The fourth-order valence-electron chi connectivity index (χ4n) is 2.88. The van der Waals surface area contributed by atoms with Crippen LogP contribution in [0.4, 0.5) is 0 Å². The number of nitrogens with zero attached hydrogens (tertiary/aromatic N) is 3. The van der Waals surface area contributed by atoms with Crippen LogP contribution in [-0.2, 0) is 6.54 Å². The van der Waals surface area contributed by atoms with Crippen molar-refractivity contribution in [2.24, 2.45) is 0 Å². The average molecular weight is 321 g/mol. The van der Waals surface area contributed by atoms with E-state index in [9.17, 15) is 0 Å². The summed E-state index contributed by atoms with van der Waals surface area (Å²) in [5.41, 5.74) is 3.30. The number of H-pyrrole nitrogens is 1. The quantitative estimate of drug-likeness (QED) is 0.882. The molecule has 2 N–H and O–H groups in total. The van der Waals surface area contributed by atoms with Crippen molar-refractivity contribution < 1.29 is 5.11 Å². The standard InChI is InChI=1S/C16H21ClN4O/c17-15-3-1-2-13(10-15)16-14(11-18-19-16)12-21-6-4-20(5-7-21)8-9-22/h1-3,10-11,22H,4-9,12H2,(H,18,19). The Labute approximate surface area is 135 Å². The first-order valence-electron chi connectivity index (χ1n) is 7.60. The molecule has 118 valence electrons. The molecular weight excluding hydrogens is 300 g/mol. The van der Waals surface area contributed by atoms with Gasteiger partial charge < -0.3 is 5.11 Å². The lowest BCUT2D eigenvalue weighted by Gasteiger charge is -2.34. The van der Waals surface area contributed by atoms with Gasteiger partial charge in [0, 0.05) is 55.4 Å². The lowest BCUT2D eigenvalue weighted by molar-refractivity contribution is 0.108. The highest BCUT2D eigenvalue weighted by Crippen LogP contribution is 2.25. The topological polar surface area (TPSA) is 55.4 Å². The molecule has 1 aliphatic rings. The minimum atomic E-state index is 0.237. The van der Waals surface area contributed by atoms with Crippen molar-refractivity contribution in [3.63, 3.8) is 0 Å². The second kappa shape index (κ2) is 7.24. The normalized spacial score (nSPS) is 17.0. The number of aromatic amines is 1. The maximum Gasteiger partial charge on any atom is 0.0695 e. The molecule has 0 bridgehead atoms. The Morgan fingerprint density at radius 2 is 1.95 bits per heavy atom. The Hall–Kier alpha value is -1.40. The first-order valence-corrected chi connectivity index (χ1v) is 7.98. The van der Waals surface area contributed by atoms with E-state index in [1.807, 2.05) is 30.5 Å². The summed E-state index contributed by atoms with van der Waals surface area (Å²) in [4.78, 5) is 4.72. The number of aliphatic hydroxyl groups excluding tert-OH is 1. The Balaban J connectivity index is 1.66. The number of nitrogens with one attached hydrogen (secondary N) is 1. The second-order valence-corrected chi connectivity index (χ2v) is 6.06. The summed E-state index contributed by atoms with van der Waals surface area (Å²) in [7, 11) is 0. The first-order chi connectivity index (χ1) is 10.8. The molecule has 1 aromatic heterocycles. The van der Waals surface area contributed by atoms with Crippen molar-refractivity contribution in [1.82, 2.24) is 20.0 Å². The van der Waals surface area contributed by atoms with Gasteiger partial charge >= 0.3 is 0 Å². The molecule has 22 heavy (non-hydrogen) atoms. The third kappa shape index (κ3) is 3.67. The van der Waals surface area contributed by atoms with Crippen LogP contribution >= 0.6 is 11.6 Å². The Morgan fingerprint density at radius 3 is 2.68 bits per heavy atom. The third-order valence-corrected chi connectivity index (χ3v) is 4.34. The summed E-state index contributed by atoms with van der Waals surface area (Å²) >= 11 is 6.08. The van der Waals surface area contributed by atoms with Gasteiger partial charge in [0.15, 0.2) is 0 Å². The molecule has 6 heteroatoms. The maximum atomic E-state index is 9.00. The van der Waals surface area contributed by atoms with Crippen LogP contribution in [0.2, 0.25) is 5.02 Å². The molecule has 0 unspecified atom stereocenters. The van der Waals surface area contributed by atoms with Crippen molar-refractivity contribution in [3.05, 3.63) is 41.0 Å². The Bertz CT molecular complexity index is 608. The minimum absolute atomic E-state index is 0.237. The summed E-state index contributed by atoms with van der Waals surface area (Å²) in [5.74, 6) is 0. The van der Waals surface area contributed by atoms with Gasteiger partial charge in [-0.3, -0.25) is 14.9 Å². The molecule has 5 nitrogen and oxygen atoms in total. The van der Waals surface area contributed by atoms with Gasteiger partial charge in [-0.15, -0.1) is 0 Å². The summed E-state index contributed by atoms with van der Waals surface area (Å²) in [5, 5.41) is 17.0. The predicted octanol–water partition coefficient (Wildman–Crippen LogP) is 1.84. The molecule has 0 spiro atoms. The average Bonchev–Trinajstić information content (AvgIpc) is 2.98. The number of hydrogen-bond donors (Lipinski definition) is 2. The number of aromatic nitrogens is 2. The fourth-order valence-corrected chi connectivity index (χ4v) is 3.07. The van der Waals surface area contributed by atoms with E-state index in [4.69, 9.17) is 16.7 Å². The van der Waals surface area contributed by atoms with Crippen LogP contribution in [0.5, 0.6) is 0 Å². The predicted molar refractivity (Wildman–Crippen MR) is 87.8 cm³/mol. The van der Waals surface area contributed by atoms with E-state index in [1.165, 1.54) is 5.56 Å². The fraction of sp³-hybridized carbons (Fsp3) is 0.438. The van der Waals surface area contributed by atoms with Crippen molar-refractivity contribution in [3.8, 4) is 11.3 Å². The molecule has 1 aromatic carbocycles. The Morgan fingerprint density at radius 1 is 1.18 bits per heavy atom. The highest BCUT2D eigenvalue weighted by atomic mass is 35.5. The molecule has 2 heterocycles. The van der Waals surface area contributed by atoms with E-state index in [1.54, 1.807) is 0 Å². The van der Waals surface area contributed by atoms with Gasteiger partial charge in [0.05, 0.1) is 18.5 Å². The van der Waals surface area contributed by atoms with Crippen LogP contribution in [0.3, 0.4) is 0 Å². The summed E-state index contributed by atoms with van der Waals surface area (Å²) in [6.07, 6.45) is 1.90. The molecule has 2 aromatic rings. The van der Waals surface area contributed by atoms with E-state index in [2.05, 4.69) is 20.0 Å². The first kappa shape index (κ1) is 15.5. The lowest BCUT2D eigenvalue weighted by atomic mass is 10.1. The third-order valence-electron chi connectivity index (χ3n) is 4.11. The maximum absolute atomic E-state index is 9.00. The zero-order chi connectivity index (χ0) is 15.4. The van der Waals surface area contributed by atoms with E-state index in [-0.39, 0.29) is 6.61 Å². The van der Waals surface area contributed by atoms with Gasteiger partial charge in [-0.05, 0) is 12.1 Å². The Kier molecular flexibility index (Phi) is 5.10. The van der Waals surface area contributed by atoms with Crippen LogP contribution in [0.25, 0.3) is 11.3 Å². The summed E-state index contributed by atoms with van der Waals surface area (Å²) in [6, 6.07) is 7.83. The van der Waals surface area contributed by atoms with Gasteiger partial charge in [-0.25, -0.2) is 0 Å². The van der Waals surface area contributed by atoms with Gasteiger partial charge in [-0.1, -0.05) is 23.7 Å². The molecule has 1 fully saturated rings. The molecular formula is C16H21ClN4O. The van der Waals surface area contributed by atoms with Gasteiger partial charge in [-0.2, -0.15) is 5.10 Å². The van der Waals surface area contributed by atoms with Gasteiger partial charge in [0.25, 0.3) is 0 Å². The zero-order valence-electron chi connectivity index (χ0n) is 12.5. The van der Waals surface area contributed by atoms with E-state index in [0.29, 0.717) is 0 Å².